The quantitative estimate of drug-likeness (QED) is 0.489. The zero-order valence-corrected chi connectivity index (χ0v) is 21.0. The van der Waals surface area contributed by atoms with E-state index in [9.17, 15) is 9.59 Å². The molecule has 0 bridgehead atoms. The first kappa shape index (κ1) is 23.0. The van der Waals surface area contributed by atoms with E-state index < -0.39 is 5.54 Å². The Bertz CT molecular complexity index is 1220. The third-order valence-corrected chi connectivity index (χ3v) is 8.58. The van der Waals surface area contributed by atoms with Gasteiger partial charge in [-0.1, -0.05) is 38.7 Å². The number of hydrogen-bond donors (Lipinski definition) is 1. The van der Waals surface area contributed by atoms with Crippen LogP contribution in [0, 0.1) is 0 Å². The number of nitrogens with one attached hydrogen (secondary N) is 1. The van der Waals surface area contributed by atoms with Crippen molar-refractivity contribution in [2.75, 3.05) is 12.0 Å². The van der Waals surface area contributed by atoms with Crippen LogP contribution in [0.1, 0.15) is 67.7 Å². The highest BCUT2D eigenvalue weighted by atomic mass is 32.1. The fourth-order valence-electron chi connectivity index (χ4n) is 5.42. The molecule has 3 aromatic rings. The van der Waals surface area contributed by atoms with Gasteiger partial charge in [0.05, 0.1) is 23.9 Å². The molecule has 3 heterocycles. The second-order valence-electron chi connectivity index (χ2n) is 9.71. The van der Waals surface area contributed by atoms with Gasteiger partial charge in [0, 0.05) is 22.7 Å². The Labute approximate surface area is 204 Å². The minimum absolute atomic E-state index is 0.0889. The van der Waals surface area contributed by atoms with Crippen molar-refractivity contribution in [3.05, 3.63) is 47.0 Å². The van der Waals surface area contributed by atoms with Crippen LogP contribution < -0.4 is 15.0 Å². The molecule has 180 valence electrons. The Morgan fingerprint density at radius 3 is 2.65 bits per heavy atom. The van der Waals surface area contributed by atoms with E-state index in [1.54, 1.807) is 23.3 Å². The number of carbonyl (C=O) groups excluding carboxylic acids is 2. The fourth-order valence-corrected chi connectivity index (χ4v) is 6.46. The van der Waals surface area contributed by atoms with Crippen LogP contribution in [-0.4, -0.2) is 35.1 Å². The molecule has 1 N–H and O–H groups in total. The van der Waals surface area contributed by atoms with Gasteiger partial charge in [-0.3, -0.25) is 14.5 Å². The summed E-state index contributed by atoms with van der Waals surface area (Å²) in [6.07, 6.45) is 7.67. The van der Waals surface area contributed by atoms with E-state index in [4.69, 9.17) is 4.74 Å². The molecular formula is C27H33N3O3S. The first-order valence-corrected chi connectivity index (χ1v) is 13.2. The number of methoxy groups -OCH3 is 1. The highest BCUT2D eigenvalue weighted by Gasteiger charge is 2.49. The molecule has 0 radical (unpaired) electrons. The Kier molecular flexibility index (Phi) is 6.15. The van der Waals surface area contributed by atoms with Crippen LogP contribution in [-0.2, 0) is 17.8 Å². The number of nitrogens with zero attached hydrogens (tertiary/aromatic N) is 2. The van der Waals surface area contributed by atoms with Gasteiger partial charge in [0.25, 0.3) is 5.91 Å². The molecule has 2 aromatic heterocycles. The molecule has 2 amide bonds. The third-order valence-electron chi connectivity index (χ3n) is 7.36. The van der Waals surface area contributed by atoms with Gasteiger partial charge in [-0.25, -0.2) is 0 Å². The maximum atomic E-state index is 14.0. The first-order valence-electron chi connectivity index (χ1n) is 12.4. The smallest absolute Gasteiger partial charge is 0.275 e. The average molecular weight is 480 g/mol. The van der Waals surface area contributed by atoms with E-state index in [0.29, 0.717) is 23.7 Å². The van der Waals surface area contributed by atoms with Crippen molar-refractivity contribution in [3.63, 3.8) is 0 Å². The second-order valence-corrected chi connectivity index (χ2v) is 10.9. The largest absolute Gasteiger partial charge is 0.497 e. The topological polar surface area (TPSA) is 63.6 Å². The summed E-state index contributed by atoms with van der Waals surface area (Å²) < 4.78 is 8.58. The molecule has 2 aliphatic rings. The molecule has 1 aliphatic carbocycles. The molecule has 5 rings (SSSR count). The summed E-state index contributed by atoms with van der Waals surface area (Å²) in [4.78, 5) is 30.9. The summed E-state index contributed by atoms with van der Waals surface area (Å²) in [5.74, 6) is 0.417. The average Bonchev–Trinajstić information content (AvgIpc) is 3.28. The van der Waals surface area contributed by atoms with Gasteiger partial charge in [0.1, 0.15) is 17.0 Å². The van der Waals surface area contributed by atoms with Gasteiger partial charge in [-0.15, -0.1) is 11.3 Å². The number of anilines is 1. The highest BCUT2D eigenvalue weighted by molar-refractivity contribution is 7.19. The number of benzene rings is 1. The van der Waals surface area contributed by atoms with E-state index in [0.717, 1.165) is 42.3 Å². The van der Waals surface area contributed by atoms with Gasteiger partial charge in [-0.05, 0) is 50.5 Å². The maximum absolute atomic E-state index is 14.0. The van der Waals surface area contributed by atoms with Crippen LogP contribution in [0.15, 0.2) is 36.4 Å². The molecule has 34 heavy (non-hydrogen) atoms. The van der Waals surface area contributed by atoms with Crippen LogP contribution in [0.2, 0.25) is 0 Å². The highest BCUT2D eigenvalue weighted by Crippen LogP contribution is 2.39. The number of rotatable bonds is 5. The molecule has 1 aliphatic heterocycles. The van der Waals surface area contributed by atoms with E-state index in [-0.39, 0.29) is 17.9 Å². The monoisotopic (exact) mass is 479 g/mol. The van der Waals surface area contributed by atoms with Crippen molar-refractivity contribution in [2.24, 2.45) is 0 Å². The Balaban J connectivity index is 1.59. The van der Waals surface area contributed by atoms with Crippen molar-refractivity contribution >= 4 is 39.1 Å². The molecular weight excluding hydrogens is 446 g/mol. The second kappa shape index (κ2) is 9.10. The summed E-state index contributed by atoms with van der Waals surface area (Å²) >= 11 is 1.72. The number of amides is 2. The zero-order chi connectivity index (χ0) is 23.9. The maximum Gasteiger partial charge on any atom is 0.275 e. The number of aromatic nitrogens is 1. The minimum atomic E-state index is -1.07. The van der Waals surface area contributed by atoms with Gasteiger partial charge >= 0.3 is 0 Å². The number of fused-ring (bicyclic) bond motifs is 3. The van der Waals surface area contributed by atoms with Gasteiger partial charge in [0.15, 0.2) is 0 Å². The van der Waals surface area contributed by atoms with Crippen LogP contribution in [0.3, 0.4) is 0 Å². The van der Waals surface area contributed by atoms with Crippen molar-refractivity contribution in [1.82, 2.24) is 9.88 Å². The van der Waals surface area contributed by atoms with Crippen molar-refractivity contribution in [3.8, 4) is 5.75 Å². The first-order chi connectivity index (χ1) is 16.4. The predicted molar refractivity (Wildman–Crippen MR) is 137 cm³/mol. The molecule has 0 saturated heterocycles. The summed E-state index contributed by atoms with van der Waals surface area (Å²) in [6, 6.07) is 11.8. The van der Waals surface area contributed by atoms with Crippen molar-refractivity contribution in [1.29, 1.82) is 0 Å². The molecule has 0 spiro atoms. The van der Waals surface area contributed by atoms with Gasteiger partial charge < -0.3 is 14.6 Å². The van der Waals surface area contributed by atoms with Gasteiger partial charge in [-0.2, -0.15) is 0 Å². The Morgan fingerprint density at radius 2 is 1.94 bits per heavy atom. The van der Waals surface area contributed by atoms with E-state index >= 15 is 0 Å². The number of hydrogen-bond acceptors (Lipinski definition) is 4. The summed E-state index contributed by atoms with van der Waals surface area (Å²) in [7, 11) is 1.61. The summed E-state index contributed by atoms with van der Waals surface area (Å²) in [6.45, 7) is 4.45. The number of ether oxygens (including phenoxy) is 1. The lowest BCUT2D eigenvalue weighted by Crippen LogP contribution is -2.65. The Morgan fingerprint density at radius 1 is 1.18 bits per heavy atom. The predicted octanol–water partition coefficient (Wildman–Crippen LogP) is 5.53. The zero-order valence-electron chi connectivity index (χ0n) is 20.2. The van der Waals surface area contributed by atoms with Crippen LogP contribution in [0.5, 0.6) is 5.75 Å². The normalized spacial score (nSPS) is 21.4. The molecule has 1 fully saturated rings. The molecule has 1 atom stereocenters. The number of carbonyl (C=O) groups is 2. The van der Waals surface area contributed by atoms with Crippen LogP contribution >= 0.6 is 11.3 Å². The van der Waals surface area contributed by atoms with E-state index in [1.165, 1.54) is 17.7 Å². The summed E-state index contributed by atoms with van der Waals surface area (Å²) in [5, 5.41) is 3.33. The van der Waals surface area contributed by atoms with Crippen molar-refractivity contribution < 1.29 is 14.3 Å². The minimum Gasteiger partial charge on any atom is -0.497 e. The van der Waals surface area contributed by atoms with Crippen molar-refractivity contribution in [2.45, 2.75) is 76.9 Å². The lowest BCUT2D eigenvalue weighted by molar-refractivity contribution is -0.127. The fraction of sp³-hybridized carbons (Fsp3) is 0.481. The molecule has 0 unspecified atom stereocenters. The standard InChI is InChI=1S/C27H33N3O3S/c1-4-21-15-22-24(34-21)16-23-25(31)30(19-12-9-13-20(14-19)33-3)27(2,17-29(22)23)26(32)28-18-10-7-5-6-8-11-18/h9,12-16,18H,4-8,10-11,17H2,1-3H3,(H,28,32)/t27-/m0/s1. The van der Waals surface area contributed by atoms with E-state index in [2.05, 4.69) is 22.9 Å². The lowest BCUT2D eigenvalue weighted by atomic mass is 9.92. The van der Waals surface area contributed by atoms with Crippen LogP contribution in [0.25, 0.3) is 10.2 Å². The molecule has 7 heteroatoms. The number of aryl methyl sites for hydroxylation is 1. The summed E-state index contributed by atoms with van der Waals surface area (Å²) in [5.41, 5.74) is 1.28. The van der Waals surface area contributed by atoms with E-state index in [1.807, 2.05) is 37.3 Å². The van der Waals surface area contributed by atoms with Gasteiger partial charge in [0.2, 0.25) is 5.91 Å². The molecule has 6 nitrogen and oxygen atoms in total. The van der Waals surface area contributed by atoms with Crippen LogP contribution in [0.4, 0.5) is 5.69 Å². The molecule has 1 saturated carbocycles. The third kappa shape index (κ3) is 3.90. The number of thiophene rings is 1. The Hall–Kier alpha value is -2.80. The lowest BCUT2D eigenvalue weighted by Gasteiger charge is -2.44. The SMILES string of the molecule is CCc1cc2c(cc3n2C[C@@](C)(C(=O)NC2CCCCCC2)N(c2cccc(OC)c2)C3=O)s1. The molecule has 1 aromatic carbocycles.